The molecule has 1 atom stereocenters. The fraction of sp³-hybridized carbons (Fsp3) is 0.250. The van der Waals surface area contributed by atoms with Gasteiger partial charge in [-0.15, -0.1) is 0 Å². The summed E-state index contributed by atoms with van der Waals surface area (Å²) in [6.07, 6.45) is 1.72. The second kappa shape index (κ2) is 7.67. The summed E-state index contributed by atoms with van der Waals surface area (Å²) in [6.45, 7) is 3.12. The maximum Gasteiger partial charge on any atom is 0.240 e. The van der Waals surface area contributed by atoms with Crippen LogP contribution in [-0.4, -0.2) is 30.6 Å². The van der Waals surface area contributed by atoms with Gasteiger partial charge in [-0.05, 0) is 31.2 Å². The smallest absolute Gasteiger partial charge is 0.240 e. The highest BCUT2D eigenvalue weighted by molar-refractivity contribution is 7.89. The van der Waals surface area contributed by atoms with Crippen molar-refractivity contribution in [1.29, 1.82) is 0 Å². The van der Waals surface area contributed by atoms with Crippen LogP contribution in [0, 0.1) is 6.92 Å². The van der Waals surface area contributed by atoms with E-state index in [1.165, 1.54) is 17.7 Å². The zero-order valence-electron chi connectivity index (χ0n) is 15.3. The predicted octanol–water partition coefficient (Wildman–Crippen LogP) is 3.39. The van der Waals surface area contributed by atoms with Crippen LogP contribution in [0.3, 0.4) is 0 Å². The number of ether oxygens (including phenoxy) is 1. The molecule has 0 bridgehead atoms. The number of sulfonamides is 1. The summed E-state index contributed by atoms with van der Waals surface area (Å²) in [5.74, 6) is 0.840. The molecule has 1 aliphatic rings. The summed E-state index contributed by atoms with van der Waals surface area (Å²) in [7, 11) is -3.61. The van der Waals surface area contributed by atoms with E-state index in [2.05, 4.69) is 21.8 Å². The number of hydrogen-bond acceptors (Lipinski definition) is 4. The minimum Gasteiger partial charge on any atom is -0.367 e. The quantitative estimate of drug-likeness (QED) is 0.690. The van der Waals surface area contributed by atoms with Gasteiger partial charge in [0.25, 0.3) is 0 Å². The van der Waals surface area contributed by atoms with Gasteiger partial charge < -0.3 is 9.30 Å². The lowest BCUT2D eigenvalue weighted by Gasteiger charge is -2.24. The molecule has 28 heavy (non-hydrogen) atoms. The van der Waals surface area contributed by atoms with Crippen LogP contribution in [0.4, 0.5) is 0 Å². The lowest BCUT2D eigenvalue weighted by atomic mass is 10.1. The molecule has 0 saturated carbocycles. The second-order valence-electron chi connectivity index (χ2n) is 6.80. The van der Waals surface area contributed by atoms with Gasteiger partial charge in [-0.3, -0.25) is 0 Å². The van der Waals surface area contributed by atoms with Crippen LogP contribution < -0.4 is 4.72 Å². The summed E-state index contributed by atoms with van der Waals surface area (Å²) in [4.78, 5) is 4.82. The van der Waals surface area contributed by atoms with E-state index in [1.54, 1.807) is 12.1 Å². The molecule has 0 saturated heterocycles. The third kappa shape index (κ3) is 4.12. The van der Waals surface area contributed by atoms with Crippen LogP contribution in [0.25, 0.3) is 11.3 Å². The van der Waals surface area contributed by atoms with Crippen LogP contribution in [0.15, 0.2) is 59.6 Å². The van der Waals surface area contributed by atoms with Crippen molar-refractivity contribution in [3.8, 4) is 11.3 Å². The third-order valence-electron chi connectivity index (χ3n) is 4.68. The van der Waals surface area contributed by atoms with Crippen molar-refractivity contribution >= 4 is 21.6 Å². The van der Waals surface area contributed by atoms with Crippen LogP contribution in [0.2, 0.25) is 5.02 Å². The number of nitrogens with zero attached hydrogens (tertiary/aromatic N) is 2. The molecule has 2 aromatic carbocycles. The van der Waals surface area contributed by atoms with E-state index in [-0.39, 0.29) is 17.5 Å². The molecule has 3 aromatic rings. The van der Waals surface area contributed by atoms with E-state index in [1.807, 2.05) is 29.8 Å². The highest BCUT2D eigenvalue weighted by Gasteiger charge is 2.23. The Morgan fingerprint density at radius 3 is 2.61 bits per heavy atom. The molecular formula is C20H20ClN3O3S. The van der Waals surface area contributed by atoms with E-state index in [9.17, 15) is 8.42 Å². The van der Waals surface area contributed by atoms with Gasteiger partial charge >= 0.3 is 0 Å². The molecule has 2 heterocycles. The molecule has 1 N–H and O–H groups in total. The maximum atomic E-state index is 12.4. The number of imidazole rings is 1. The monoisotopic (exact) mass is 417 g/mol. The highest BCUT2D eigenvalue weighted by atomic mass is 35.5. The lowest BCUT2D eigenvalue weighted by molar-refractivity contribution is 0.00586. The zero-order valence-corrected chi connectivity index (χ0v) is 16.9. The van der Waals surface area contributed by atoms with E-state index < -0.39 is 10.0 Å². The van der Waals surface area contributed by atoms with Crippen molar-refractivity contribution in [1.82, 2.24) is 14.3 Å². The fourth-order valence-corrected chi connectivity index (χ4v) is 4.27. The second-order valence-corrected chi connectivity index (χ2v) is 9.00. The normalized spacial score (nSPS) is 16.7. The minimum absolute atomic E-state index is 0.178. The number of hydrogen-bond donors (Lipinski definition) is 1. The Kier molecular flexibility index (Phi) is 5.25. The first-order chi connectivity index (χ1) is 13.4. The average molecular weight is 418 g/mol. The molecule has 0 amide bonds. The number of fused-ring (bicyclic) bond motifs is 1. The average Bonchev–Trinajstić information content (AvgIpc) is 3.11. The van der Waals surface area contributed by atoms with Gasteiger partial charge in [0.1, 0.15) is 12.4 Å². The third-order valence-corrected chi connectivity index (χ3v) is 6.37. The van der Waals surface area contributed by atoms with Crippen molar-refractivity contribution in [3.63, 3.8) is 0 Å². The van der Waals surface area contributed by atoms with Gasteiger partial charge in [0.05, 0.1) is 23.2 Å². The van der Waals surface area contributed by atoms with E-state index in [0.717, 1.165) is 17.1 Å². The van der Waals surface area contributed by atoms with Gasteiger partial charge in [-0.25, -0.2) is 18.1 Å². The van der Waals surface area contributed by atoms with Gasteiger partial charge in [0.2, 0.25) is 10.0 Å². The van der Waals surface area contributed by atoms with E-state index in [0.29, 0.717) is 18.2 Å². The van der Waals surface area contributed by atoms with E-state index in [4.69, 9.17) is 16.3 Å². The fourth-order valence-electron chi connectivity index (χ4n) is 3.08. The first kappa shape index (κ1) is 19.1. The van der Waals surface area contributed by atoms with Crippen molar-refractivity contribution in [2.24, 2.45) is 0 Å². The SMILES string of the molecule is Cc1ccc(-c2cn3c(n2)CO[C@@H](CNS(=O)(=O)c2ccc(Cl)cc2)C3)cc1. The zero-order chi connectivity index (χ0) is 19.7. The van der Waals surface area contributed by atoms with Crippen LogP contribution in [0.5, 0.6) is 0 Å². The molecule has 0 fully saturated rings. The van der Waals surface area contributed by atoms with Crippen molar-refractivity contribution in [3.05, 3.63) is 71.1 Å². The van der Waals surface area contributed by atoms with Crippen LogP contribution in [-0.2, 0) is 27.9 Å². The van der Waals surface area contributed by atoms with Crippen molar-refractivity contribution in [2.75, 3.05) is 6.54 Å². The predicted molar refractivity (Wildman–Crippen MR) is 108 cm³/mol. The molecule has 8 heteroatoms. The lowest BCUT2D eigenvalue weighted by Crippen LogP contribution is -2.38. The molecule has 0 radical (unpaired) electrons. The molecule has 0 unspecified atom stereocenters. The number of rotatable bonds is 5. The van der Waals surface area contributed by atoms with Gasteiger partial charge in [0.15, 0.2) is 0 Å². The Morgan fingerprint density at radius 2 is 1.89 bits per heavy atom. The number of benzene rings is 2. The molecular weight excluding hydrogens is 398 g/mol. The minimum atomic E-state index is -3.61. The highest BCUT2D eigenvalue weighted by Crippen LogP contribution is 2.23. The summed E-state index contributed by atoms with van der Waals surface area (Å²) in [6, 6.07) is 14.3. The Labute approximate surface area is 169 Å². The number of nitrogens with one attached hydrogen (secondary N) is 1. The van der Waals surface area contributed by atoms with Crippen molar-refractivity contribution < 1.29 is 13.2 Å². The first-order valence-electron chi connectivity index (χ1n) is 8.91. The van der Waals surface area contributed by atoms with Crippen LogP contribution >= 0.6 is 11.6 Å². The maximum absolute atomic E-state index is 12.4. The Bertz CT molecular complexity index is 1080. The van der Waals surface area contributed by atoms with E-state index >= 15 is 0 Å². The number of aromatic nitrogens is 2. The van der Waals surface area contributed by atoms with Crippen LogP contribution in [0.1, 0.15) is 11.4 Å². The molecule has 6 nitrogen and oxygen atoms in total. The van der Waals surface area contributed by atoms with Crippen molar-refractivity contribution in [2.45, 2.75) is 31.1 Å². The number of halogens is 1. The molecule has 0 aliphatic carbocycles. The molecule has 1 aliphatic heterocycles. The molecule has 1 aromatic heterocycles. The molecule has 146 valence electrons. The van der Waals surface area contributed by atoms with Gasteiger partial charge in [0, 0.05) is 23.3 Å². The number of aryl methyl sites for hydroxylation is 1. The Hall–Kier alpha value is -2.19. The largest absolute Gasteiger partial charge is 0.367 e. The summed E-state index contributed by atoms with van der Waals surface area (Å²) in [5, 5.41) is 0.492. The van der Waals surface area contributed by atoms with Gasteiger partial charge in [-0.2, -0.15) is 0 Å². The van der Waals surface area contributed by atoms with Gasteiger partial charge in [-0.1, -0.05) is 41.4 Å². The summed E-state index contributed by atoms with van der Waals surface area (Å²) in [5.41, 5.74) is 3.14. The standard InChI is InChI=1S/C20H20ClN3O3S/c1-14-2-4-15(5-3-14)19-12-24-11-17(27-13-20(24)23-19)10-22-28(25,26)18-8-6-16(21)7-9-18/h2-9,12,17,22H,10-11,13H2,1H3/t17-/m0/s1. The summed E-state index contributed by atoms with van der Waals surface area (Å²) >= 11 is 5.82. The Balaban J connectivity index is 1.43. The summed E-state index contributed by atoms with van der Waals surface area (Å²) < 4.78 is 35.3. The molecule has 4 rings (SSSR count). The topological polar surface area (TPSA) is 73.2 Å². The Morgan fingerprint density at radius 1 is 1.18 bits per heavy atom. The first-order valence-corrected chi connectivity index (χ1v) is 10.8. The molecule has 0 spiro atoms.